The predicted molar refractivity (Wildman–Crippen MR) is 109 cm³/mol. The summed E-state index contributed by atoms with van der Waals surface area (Å²) in [6.07, 6.45) is 9.03. The van der Waals surface area contributed by atoms with Gasteiger partial charge < -0.3 is 0 Å². The van der Waals surface area contributed by atoms with Crippen LogP contribution in [0.25, 0.3) is 0 Å². The van der Waals surface area contributed by atoms with Gasteiger partial charge in [-0.15, -0.1) is 0 Å². The molecule has 0 saturated heterocycles. The van der Waals surface area contributed by atoms with Crippen LogP contribution >= 0.6 is 0 Å². The van der Waals surface area contributed by atoms with Gasteiger partial charge in [0.1, 0.15) is 0 Å². The second kappa shape index (κ2) is 7.20. The summed E-state index contributed by atoms with van der Waals surface area (Å²) in [6, 6.07) is 22.1. The molecule has 1 aromatic heterocycles. The quantitative estimate of drug-likeness (QED) is 0.590. The first-order valence-corrected chi connectivity index (χ1v) is 9.25. The number of aromatic nitrogens is 1. The van der Waals surface area contributed by atoms with Crippen molar-refractivity contribution in [2.24, 2.45) is 0 Å². The van der Waals surface area contributed by atoms with Crippen LogP contribution in [-0.4, -0.2) is 10.9 Å². The van der Waals surface area contributed by atoms with E-state index in [4.69, 9.17) is 0 Å². The lowest BCUT2D eigenvalue weighted by Gasteiger charge is -2.28. The molecule has 4 rings (SSSR count). The maximum absolute atomic E-state index is 13.9. The van der Waals surface area contributed by atoms with Crippen LogP contribution in [0, 0.1) is 0 Å². The van der Waals surface area contributed by atoms with Crippen LogP contribution in [0.1, 0.15) is 24.5 Å². The molecule has 0 saturated carbocycles. The SMILES string of the molecule is CC=CCC1(Cc2ccncc2)C(=O)N(c2ccccc2)c2ccccc21. The Labute approximate surface area is 160 Å². The number of pyridine rings is 1. The summed E-state index contributed by atoms with van der Waals surface area (Å²) in [6.45, 7) is 2.00. The van der Waals surface area contributed by atoms with Crippen LogP contribution in [-0.2, 0) is 16.6 Å². The van der Waals surface area contributed by atoms with Gasteiger partial charge in [0.05, 0.1) is 11.1 Å². The Kier molecular flexibility index (Phi) is 4.59. The van der Waals surface area contributed by atoms with Gasteiger partial charge in [-0.1, -0.05) is 48.6 Å². The third-order valence-electron chi connectivity index (χ3n) is 5.24. The normalized spacial score (nSPS) is 18.9. The first-order chi connectivity index (χ1) is 13.3. The number of rotatable bonds is 5. The van der Waals surface area contributed by atoms with Crippen LogP contribution in [0.3, 0.4) is 0 Å². The van der Waals surface area contributed by atoms with E-state index in [2.05, 4.69) is 17.1 Å². The minimum Gasteiger partial charge on any atom is -0.280 e. The fraction of sp³-hybridized carbons (Fsp3) is 0.167. The summed E-state index contributed by atoms with van der Waals surface area (Å²) in [7, 11) is 0. The molecule has 0 N–H and O–H groups in total. The Balaban J connectivity index is 1.89. The Morgan fingerprint density at radius 2 is 1.67 bits per heavy atom. The molecular weight excluding hydrogens is 332 g/mol. The Bertz CT molecular complexity index is 966. The molecule has 3 nitrogen and oxygen atoms in total. The molecule has 27 heavy (non-hydrogen) atoms. The van der Waals surface area contributed by atoms with E-state index in [-0.39, 0.29) is 5.91 Å². The second-order valence-electron chi connectivity index (χ2n) is 6.88. The van der Waals surface area contributed by atoms with Crippen molar-refractivity contribution >= 4 is 17.3 Å². The molecular formula is C24H22N2O. The summed E-state index contributed by atoms with van der Waals surface area (Å²) in [5.74, 6) is 0.129. The number of carbonyl (C=O) groups is 1. The standard InChI is InChI=1S/C24H22N2O/c1-2-3-15-24(18-19-13-16-25-17-14-19)21-11-7-8-12-22(21)26(23(24)27)20-9-5-4-6-10-20/h2-14,16-17H,15,18H2,1H3. The van der Waals surface area contributed by atoms with Gasteiger partial charge in [-0.25, -0.2) is 0 Å². The van der Waals surface area contributed by atoms with Crippen molar-refractivity contribution < 1.29 is 4.79 Å². The van der Waals surface area contributed by atoms with Crippen molar-refractivity contribution in [3.05, 3.63) is 102 Å². The lowest BCUT2D eigenvalue weighted by molar-refractivity contribution is -0.122. The van der Waals surface area contributed by atoms with E-state index in [1.807, 2.05) is 78.6 Å². The van der Waals surface area contributed by atoms with Crippen molar-refractivity contribution in [1.82, 2.24) is 4.98 Å². The average molecular weight is 354 g/mol. The number of anilines is 2. The van der Waals surface area contributed by atoms with Gasteiger partial charge in [0, 0.05) is 18.1 Å². The number of para-hydroxylation sites is 2. The number of fused-ring (bicyclic) bond motifs is 1. The van der Waals surface area contributed by atoms with Crippen LogP contribution in [0.2, 0.25) is 0 Å². The molecule has 134 valence electrons. The molecule has 0 radical (unpaired) electrons. The lowest BCUT2D eigenvalue weighted by atomic mass is 9.74. The van der Waals surface area contributed by atoms with Crippen LogP contribution < -0.4 is 4.90 Å². The summed E-state index contributed by atoms with van der Waals surface area (Å²) in [5.41, 5.74) is 3.49. The number of hydrogen-bond acceptors (Lipinski definition) is 2. The summed E-state index contributed by atoms with van der Waals surface area (Å²) < 4.78 is 0. The maximum atomic E-state index is 13.9. The Hall–Kier alpha value is -3.20. The third-order valence-corrected chi connectivity index (χ3v) is 5.24. The van der Waals surface area contributed by atoms with Crippen molar-refractivity contribution in [2.75, 3.05) is 4.90 Å². The zero-order valence-electron chi connectivity index (χ0n) is 15.4. The van der Waals surface area contributed by atoms with Gasteiger partial charge in [-0.3, -0.25) is 14.7 Å². The highest BCUT2D eigenvalue weighted by atomic mass is 16.2. The first kappa shape index (κ1) is 17.2. The largest absolute Gasteiger partial charge is 0.280 e. The molecule has 1 atom stereocenters. The second-order valence-corrected chi connectivity index (χ2v) is 6.88. The molecule has 2 aromatic carbocycles. The molecule has 2 heterocycles. The molecule has 0 bridgehead atoms. The number of allylic oxidation sites excluding steroid dienone is 2. The van der Waals surface area contributed by atoms with Gasteiger partial charge >= 0.3 is 0 Å². The van der Waals surface area contributed by atoms with E-state index in [0.717, 1.165) is 22.5 Å². The van der Waals surface area contributed by atoms with Gasteiger partial charge in [0.25, 0.3) is 0 Å². The molecule has 1 unspecified atom stereocenters. The minimum absolute atomic E-state index is 0.129. The highest BCUT2D eigenvalue weighted by Crippen LogP contribution is 2.49. The minimum atomic E-state index is -0.611. The third kappa shape index (κ3) is 2.95. The molecule has 0 fully saturated rings. The van der Waals surface area contributed by atoms with E-state index in [1.54, 1.807) is 12.4 Å². The zero-order chi connectivity index (χ0) is 18.7. The fourth-order valence-electron chi connectivity index (χ4n) is 3.95. The van der Waals surface area contributed by atoms with E-state index < -0.39 is 5.41 Å². The van der Waals surface area contributed by atoms with Crippen molar-refractivity contribution in [3.8, 4) is 0 Å². The topological polar surface area (TPSA) is 33.2 Å². The van der Waals surface area contributed by atoms with Gasteiger partial charge in [0.2, 0.25) is 5.91 Å². The highest BCUT2D eigenvalue weighted by molar-refractivity contribution is 6.13. The zero-order valence-corrected chi connectivity index (χ0v) is 15.4. The maximum Gasteiger partial charge on any atom is 0.242 e. The fourth-order valence-corrected chi connectivity index (χ4v) is 3.95. The summed E-state index contributed by atoms with van der Waals surface area (Å²) >= 11 is 0. The molecule has 0 spiro atoms. The van der Waals surface area contributed by atoms with Crippen LogP contribution in [0.4, 0.5) is 11.4 Å². The highest BCUT2D eigenvalue weighted by Gasteiger charge is 2.50. The van der Waals surface area contributed by atoms with Gasteiger partial charge in [0.15, 0.2) is 0 Å². The molecule has 1 amide bonds. The number of nitrogens with zero attached hydrogens (tertiary/aromatic N) is 2. The Morgan fingerprint density at radius 1 is 0.963 bits per heavy atom. The molecule has 1 aliphatic rings. The smallest absolute Gasteiger partial charge is 0.242 e. The van der Waals surface area contributed by atoms with Crippen LogP contribution in [0.5, 0.6) is 0 Å². The number of benzene rings is 2. The van der Waals surface area contributed by atoms with E-state index in [9.17, 15) is 4.79 Å². The van der Waals surface area contributed by atoms with Crippen molar-refractivity contribution in [2.45, 2.75) is 25.2 Å². The number of amides is 1. The monoisotopic (exact) mass is 354 g/mol. The van der Waals surface area contributed by atoms with E-state index in [0.29, 0.717) is 12.8 Å². The van der Waals surface area contributed by atoms with Gasteiger partial charge in [-0.2, -0.15) is 0 Å². The predicted octanol–water partition coefficient (Wildman–Crippen LogP) is 5.21. The van der Waals surface area contributed by atoms with E-state index >= 15 is 0 Å². The van der Waals surface area contributed by atoms with E-state index in [1.165, 1.54) is 0 Å². The van der Waals surface area contributed by atoms with Gasteiger partial charge in [-0.05, 0) is 61.2 Å². The molecule has 1 aliphatic heterocycles. The first-order valence-electron chi connectivity index (χ1n) is 9.25. The van der Waals surface area contributed by atoms with Crippen molar-refractivity contribution in [3.63, 3.8) is 0 Å². The average Bonchev–Trinajstić information content (AvgIpc) is 2.96. The number of carbonyl (C=O) groups excluding carboxylic acids is 1. The molecule has 3 aromatic rings. The summed E-state index contributed by atoms with van der Waals surface area (Å²) in [5, 5.41) is 0. The summed E-state index contributed by atoms with van der Waals surface area (Å²) in [4.78, 5) is 19.9. The molecule has 0 aliphatic carbocycles. The molecule has 3 heteroatoms. The Morgan fingerprint density at radius 3 is 2.41 bits per heavy atom. The number of hydrogen-bond donors (Lipinski definition) is 0. The van der Waals surface area contributed by atoms with Crippen molar-refractivity contribution in [1.29, 1.82) is 0 Å². The van der Waals surface area contributed by atoms with Crippen LogP contribution in [0.15, 0.2) is 91.3 Å². The lowest BCUT2D eigenvalue weighted by Crippen LogP contribution is -2.40.